The average Bonchev–Trinajstić information content (AvgIpc) is 2.79. The maximum Gasteiger partial charge on any atom is 0.222 e. The molecule has 1 amide bonds. The fourth-order valence-corrected chi connectivity index (χ4v) is 3.17. The molecular weight excluding hydrogens is 392 g/mol. The van der Waals surface area contributed by atoms with Crippen LogP contribution < -0.4 is 26.2 Å². The van der Waals surface area contributed by atoms with Crippen molar-refractivity contribution in [3.8, 4) is 23.1 Å². The maximum atomic E-state index is 10.4. The minimum absolute atomic E-state index is 0.326. The smallest absolute Gasteiger partial charge is 0.222 e. The molecule has 1 aromatic heterocycles. The van der Waals surface area contributed by atoms with Crippen LogP contribution in [0.3, 0.4) is 0 Å². The van der Waals surface area contributed by atoms with Crippen LogP contribution in [0.2, 0.25) is 0 Å². The van der Waals surface area contributed by atoms with Crippen molar-refractivity contribution in [1.29, 1.82) is 5.26 Å². The zero-order valence-corrected chi connectivity index (χ0v) is 17.6. The van der Waals surface area contributed by atoms with Crippen molar-refractivity contribution in [2.75, 3.05) is 12.1 Å². The van der Waals surface area contributed by atoms with Gasteiger partial charge in [-0.15, -0.1) is 0 Å². The number of carbonyl (C=O) groups excluding carboxylic acids is 1. The van der Waals surface area contributed by atoms with Crippen LogP contribution in [-0.4, -0.2) is 18.4 Å². The van der Waals surface area contributed by atoms with Crippen molar-refractivity contribution < 1.29 is 9.53 Å². The lowest BCUT2D eigenvalue weighted by molar-refractivity contribution is -0.110. The third kappa shape index (κ3) is 5.36. The highest BCUT2D eigenvalue weighted by molar-refractivity contribution is 5.65. The van der Waals surface area contributed by atoms with E-state index in [4.69, 9.17) is 10.00 Å². The molecule has 0 aliphatic heterocycles. The van der Waals surface area contributed by atoms with Gasteiger partial charge in [0.25, 0.3) is 0 Å². The Kier molecular flexibility index (Phi) is 7.17. The lowest BCUT2D eigenvalue weighted by Crippen LogP contribution is -2.51. The lowest BCUT2D eigenvalue weighted by atomic mass is 10.0. The monoisotopic (exact) mass is 416 g/mol. The molecule has 0 aliphatic carbocycles. The topological polar surface area (TPSA) is 102 Å². The quantitative estimate of drug-likeness (QED) is 0.280. The number of amides is 1. The summed E-state index contributed by atoms with van der Waals surface area (Å²) in [5, 5.41) is 10.9. The van der Waals surface area contributed by atoms with Crippen molar-refractivity contribution in [2.45, 2.75) is 20.5 Å². The third-order valence-corrected chi connectivity index (χ3v) is 4.81. The highest BCUT2D eigenvalue weighted by atomic mass is 16.5. The Labute approximate surface area is 181 Å². The molecule has 0 spiro atoms. The summed E-state index contributed by atoms with van der Waals surface area (Å²) in [6, 6.07) is 17.5. The molecule has 1 heterocycles. The normalized spacial score (nSPS) is 10.3. The average molecular weight is 416 g/mol. The van der Waals surface area contributed by atoms with Gasteiger partial charge in [-0.2, -0.15) is 16.3 Å². The standard InChI is InChI=1S/C23H24N6O2/c1-16-6-4-9-22(29(3)28-27-26-15-30)21(16)14-31-23-17(2)10-20(13-25-23)19-8-5-7-18(11-19)12-24/h4-11,13,15,27-28H,14H2,1-3H3,(H,26,30). The lowest BCUT2D eigenvalue weighted by Gasteiger charge is -2.24. The fraction of sp³-hybridized carbons (Fsp3) is 0.174. The number of hydrazine groups is 3. The van der Waals surface area contributed by atoms with E-state index in [1.54, 1.807) is 17.3 Å². The van der Waals surface area contributed by atoms with Crippen molar-refractivity contribution in [1.82, 2.24) is 21.5 Å². The molecule has 0 radical (unpaired) electrons. The van der Waals surface area contributed by atoms with Crippen LogP contribution in [0.15, 0.2) is 54.7 Å². The zero-order chi connectivity index (χ0) is 22.2. The Bertz CT molecular complexity index is 1110. The minimum atomic E-state index is 0.326. The summed E-state index contributed by atoms with van der Waals surface area (Å²) < 4.78 is 6.05. The number of aryl methyl sites for hydroxylation is 2. The summed E-state index contributed by atoms with van der Waals surface area (Å²) in [5.41, 5.74) is 14.1. The fourth-order valence-electron chi connectivity index (χ4n) is 3.17. The van der Waals surface area contributed by atoms with Crippen LogP contribution in [0.5, 0.6) is 5.88 Å². The molecule has 0 atom stereocenters. The first-order valence-corrected chi connectivity index (χ1v) is 9.65. The Balaban J connectivity index is 1.77. The predicted molar refractivity (Wildman–Crippen MR) is 119 cm³/mol. The first kappa shape index (κ1) is 21.8. The van der Waals surface area contributed by atoms with E-state index in [-0.39, 0.29) is 0 Å². The largest absolute Gasteiger partial charge is 0.473 e. The molecular formula is C23H24N6O2. The van der Waals surface area contributed by atoms with E-state index in [1.165, 1.54) is 0 Å². The number of nitriles is 1. The molecule has 0 saturated carbocycles. The molecule has 0 fully saturated rings. The molecule has 3 N–H and O–H groups in total. The van der Waals surface area contributed by atoms with E-state index in [9.17, 15) is 4.79 Å². The van der Waals surface area contributed by atoms with E-state index in [0.717, 1.165) is 33.5 Å². The van der Waals surface area contributed by atoms with Crippen molar-refractivity contribution in [2.24, 2.45) is 0 Å². The van der Waals surface area contributed by atoms with Gasteiger partial charge < -0.3 is 4.74 Å². The second-order valence-corrected chi connectivity index (χ2v) is 6.96. The van der Waals surface area contributed by atoms with E-state index < -0.39 is 0 Å². The molecule has 158 valence electrons. The number of ether oxygens (including phenoxy) is 1. The van der Waals surface area contributed by atoms with Gasteiger partial charge in [0.05, 0.1) is 17.3 Å². The summed E-state index contributed by atoms with van der Waals surface area (Å²) >= 11 is 0. The molecule has 0 aliphatic rings. The van der Waals surface area contributed by atoms with Crippen LogP contribution in [0.25, 0.3) is 11.1 Å². The van der Waals surface area contributed by atoms with E-state index >= 15 is 0 Å². The molecule has 3 aromatic rings. The SMILES string of the molecule is Cc1cc(-c2cccc(C#N)c2)cnc1OCc1c(C)cccc1N(C)NNNC=O. The zero-order valence-electron chi connectivity index (χ0n) is 17.6. The van der Waals surface area contributed by atoms with Gasteiger partial charge >= 0.3 is 0 Å². The van der Waals surface area contributed by atoms with Gasteiger partial charge in [0.1, 0.15) is 6.61 Å². The number of nitrogens with one attached hydrogen (secondary N) is 3. The van der Waals surface area contributed by atoms with Gasteiger partial charge in [-0.25, -0.2) is 4.98 Å². The number of hydrogen-bond acceptors (Lipinski definition) is 7. The number of carbonyl (C=O) groups is 1. The summed E-state index contributed by atoms with van der Waals surface area (Å²) in [6.45, 7) is 4.28. The van der Waals surface area contributed by atoms with Gasteiger partial charge in [-0.05, 0) is 49.2 Å². The Morgan fingerprint density at radius 3 is 2.68 bits per heavy atom. The molecule has 2 aromatic carbocycles. The van der Waals surface area contributed by atoms with Crippen LogP contribution in [0.1, 0.15) is 22.3 Å². The van der Waals surface area contributed by atoms with E-state index in [1.807, 2.05) is 63.4 Å². The van der Waals surface area contributed by atoms with Crippen LogP contribution >= 0.6 is 0 Å². The van der Waals surface area contributed by atoms with Crippen molar-refractivity contribution >= 4 is 12.1 Å². The van der Waals surface area contributed by atoms with Gasteiger partial charge in [-0.1, -0.05) is 24.3 Å². The van der Waals surface area contributed by atoms with Gasteiger partial charge in [-0.3, -0.25) is 15.2 Å². The van der Waals surface area contributed by atoms with Crippen LogP contribution in [-0.2, 0) is 11.4 Å². The Morgan fingerprint density at radius 2 is 1.94 bits per heavy atom. The number of anilines is 1. The summed E-state index contributed by atoms with van der Waals surface area (Å²) in [7, 11) is 1.82. The molecule has 8 heteroatoms. The second kappa shape index (κ2) is 10.2. The number of rotatable bonds is 9. The molecule has 31 heavy (non-hydrogen) atoms. The second-order valence-electron chi connectivity index (χ2n) is 6.96. The third-order valence-electron chi connectivity index (χ3n) is 4.81. The maximum absolute atomic E-state index is 10.4. The summed E-state index contributed by atoms with van der Waals surface area (Å²) in [6.07, 6.45) is 2.29. The first-order valence-electron chi connectivity index (χ1n) is 9.65. The number of benzene rings is 2. The van der Waals surface area contributed by atoms with Crippen LogP contribution in [0, 0.1) is 25.2 Å². The number of nitrogens with zero attached hydrogens (tertiary/aromatic N) is 3. The Hall–Kier alpha value is -3.93. The number of hydrogen-bond donors (Lipinski definition) is 3. The van der Waals surface area contributed by atoms with Crippen LogP contribution in [0.4, 0.5) is 5.69 Å². The first-order chi connectivity index (χ1) is 15.0. The highest BCUT2D eigenvalue weighted by Crippen LogP contribution is 2.27. The minimum Gasteiger partial charge on any atom is -0.473 e. The molecule has 0 bridgehead atoms. The Morgan fingerprint density at radius 1 is 1.13 bits per heavy atom. The molecule has 0 unspecified atom stereocenters. The van der Waals surface area contributed by atoms with Gasteiger partial charge in [0.2, 0.25) is 12.3 Å². The molecule has 0 saturated heterocycles. The number of aromatic nitrogens is 1. The summed E-state index contributed by atoms with van der Waals surface area (Å²) in [5.74, 6) is 0.547. The van der Waals surface area contributed by atoms with E-state index in [2.05, 4.69) is 27.5 Å². The molecule has 3 rings (SSSR count). The van der Waals surface area contributed by atoms with Gasteiger partial charge in [0, 0.05) is 29.9 Å². The van der Waals surface area contributed by atoms with Crippen molar-refractivity contribution in [3.63, 3.8) is 0 Å². The van der Waals surface area contributed by atoms with Crippen molar-refractivity contribution in [3.05, 3.63) is 77.0 Å². The highest BCUT2D eigenvalue weighted by Gasteiger charge is 2.12. The van der Waals surface area contributed by atoms with Gasteiger partial charge in [0.15, 0.2) is 0 Å². The predicted octanol–water partition coefficient (Wildman–Crippen LogP) is 2.92. The molecule has 8 nitrogen and oxygen atoms in total. The summed E-state index contributed by atoms with van der Waals surface area (Å²) in [4.78, 5) is 14.9. The van der Waals surface area contributed by atoms with E-state index in [0.29, 0.717) is 24.5 Å². The number of pyridine rings is 1.